The van der Waals surface area contributed by atoms with Gasteiger partial charge in [0.05, 0.1) is 5.56 Å². The molecule has 0 fully saturated rings. The lowest BCUT2D eigenvalue weighted by atomic mass is 9.89. The highest BCUT2D eigenvalue weighted by Crippen LogP contribution is 2.36. The van der Waals surface area contributed by atoms with Crippen molar-refractivity contribution in [3.8, 4) is 0 Å². The second-order valence-corrected chi connectivity index (χ2v) is 4.16. The van der Waals surface area contributed by atoms with Crippen LogP contribution in [0.25, 0.3) is 0 Å². The molecule has 0 saturated heterocycles. The zero-order chi connectivity index (χ0) is 9.64. The minimum atomic E-state index is -0.426. The van der Waals surface area contributed by atoms with Gasteiger partial charge in [-0.15, -0.1) is 0 Å². The van der Waals surface area contributed by atoms with Gasteiger partial charge in [0, 0.05) is 5.41 Å². The third-order valence-corrected chi connectivity index (χ3v) is 2.57. The van der Waals surface area contributed by atoms with Gasteiger partial charge in [-0.2, -0.15) is 0 Å². The summed E-state index contributed by atoms with van der Waals surface area (Å²) in [6, 6.07) is 4.83. The molecule has 2 rings (SSSR count). The van der Waals surface area contributed by atoms with Crippen LogP contribution >= 0.6 is 0 Å². The Hall–Kier alpha value is -1.18. The van der Waals surface area contributed by atoms with Crippen LogP contribution in [-0.4, -0.2) is 5.78 Å². The molecule has 0 atom stereocenters. The topological polar surface area (TPSA) is 17.1 Å². The molecule has 1 nitrogen and oxygen atoms in total. The highest BCUT2D eigenvalue weighted by molar-refractivity contribution is 6.04. The maximum absolute atomic E-state index is 13.3. The van der Waals surface area contributed by atoms with Crippen LogP contribution < -0.4 is 0 Å². The zero-order valence-electron chi connectivity index (χ0n) is 7.73. The Bertz CT molecular complexity index is 380. The Kier molecular flexibility index (Phi) is 1.56. The minimum absolute atomic E-state index is 0.0689. The van der Waals surface area contributed by atoms with Crippen molar-refractivity contribution in [1.29, 1.82) is 0 Å². The van der Waals surface area contributed by atoms with Crippen LogP contribution in [0.5, 0.6) is 0 Å². The molecule has 0 radical (unpaired) electrons. The molecule has 1 aliphatic carbocycles. The molecule has 1 aromatic rings. The molecule has 68 valence electrons. The molecule has 0 amide bonds. The lowest BCUT2D eigenvalue weighted by molar-refractivity contribution is 0.0860. The summed E-state index contributed by atoms with van der Waals surface area (Å²) in [5.41, 5.74) is 0.715. The Morgan fingerprint density at radius 1 is 1.38 bits per heavy atom. The van der Waals surface area contributed by atoms with Gasteiger partial charge in [0.2, 0.25) is 0 Å². The zero-order valence-corrected chi connectivity index (χ0v) is 7.73. The maximum atomic E-state index is 13.3. The summed E-state index contributed by atoms with van der Waals surface area (Å²) in [7, 11) is 0. The minimum Gasteiger partial charge on any atom is -0.293 e. The number of benzene rings is 1. The molecule has 0 spiro atoms. The second kappa shape index (κ2) is 2.41. The highest BCUT2D eigenvalue weighted by Gasteiger charge is 2.38. The number of carbonyl (C=O) groups excluding carboxylic acids is 1. The normalized spacial score (nSPS) is 18.8. The van der Waals surface area contributed by atoms with Crippen LogP contribution in [0.4, 0.5) is 4.39 Å². The Labute approximate surface area is 76.6 Å². The van der Waals surface area contributed by atoms with Crippen molar-refractivity contribution >= 4 is 5.78 Å². The third kappa shape index (κ3) is 1.09. The lowest BCUT2D eigenvalue weighted by Crippen LogP contribution is -2.19. The molecule has 0 heterocycles. The van der Waals surface area contributed by atoms with E-state index in [0.29, 0.717) is 12.0 Å². The van der Waals surface area contributed by atoms with Crippen molar-refractivity contribution in [2.24, 2.45) is 5.41 Å². The van der Waals surface area contributed by atoms with Gasteiger partial charge in [-0.25, -0.2) is 4.39 Å². The van der Waals surface area contributed by atoms with Crippen LogP contribution in [0, 0.1) is 11.2 Å². The summed E-state index contributed by atoms with van der Waals surface area (Å²) in [5, 5.41) is 0. The monoisotopic (exact) mass is 178 g/mol. The first-order valence-electron chi connectivity index (χ1n) is 4.34. The van der Waals surface area contributed by atoms with Gasteiger partial charge >= 0.3 is 0 Å². The van der Waals surface area contributed by atoms with Gasteiger partial charge in [-0.3, -0.25) is 4.79 Å². The van der Waals surface area contributed by atoms with Crippen molar-refractivity contribution in [3.63, 3.8) is 0 Å². The van der Waals surface area contributed by atoms with Gasteiger partial charge in [0.1, 0.15) is 5.82 Å². The molecule has 0 aliphatic heterocycles. The molecule has 0 aromatic heterocycles. The van der Waals surface area contributed by atoms with Crippen LogP contribution in [0.1, 0.15) is 29.8 Å². The molecular formula is C11H11FO. The fourth-order valence-electron chi connectivity index (χ4n) is 1.87. The quantitative estimate of drug-likeness (QED) is 0.596. The largest absolute Gasteiger partial charge is 0.293 e. The third-order valence-electron chi connectivity index (χ3n) is 2.57. The first-order valence-corrected chi connectivity index (χ1v) is 4.34. The number of hydrogen-bond acceptors (Lipinski definition) is 1. The SMILES string of the molecule is CC1(C)Cc2cccc(F)c2C1=O. The Morgan fingerprint density at radius 3 is 2.69 bits per heavy atom. The fourth-order valence-corrected chi connectivity index (χ4v) is 1.87. The molecule has 2 heteroatoms. The highest BCUT2D eigenvalue weighted by atomic mass is 19.1. The summed E-state index contributed by atoms with van der Waals surface area (Å²) in [4.78, 5) is 11.7. The molecule has 0 unspecified atom stereocenters. The second-order valence-electron chi connectivity index (χ2n) is 4.16. The molecule has 1 aromatic carbocycles. The summed E-state index contributed by atoms with van der Waals surface area (Å²) >= 11 is 0. The number of fused-ring (bicyclic) bond motifs is 1. The van der Waals surface area contributed by atoms with Crippen molar-refractivity contribution < 1.29 is 9.18 Å². The van der Waals surface area contributed by atoms with E-state index >= 15 is 0 Å². The van der Waals surface area contributed by atoms with E-state index < -0.39 is 5.41 Å². The number of ketones is 1. The molecule has 0 saturated carbocycles. The van der Waals surface area contributed by atoms with Gasteiger partial charge < -0.3 is 0 Å². The van der Waals surface area contributed by atoms with E-state index in [0.717, 1.165) is 5.56 Å². The van der Waals surface area contributed by atoms with Crippen LogP contribution in [-0.2, 0) is 6.42 Å². The smallest absolute Gasteiger partial charge is 0.171 e. The predicted octanol–water partition coefficient (Wildman–Crippen LogP) is 2.59. The molecule has 13 heavy (non-hydrogen) atoms. The van der Waals surface area contributed by atoms with E-state index in [1.54, 1.807) is 6.07 Å². The summed E-state index contributed by atoms with van der Waals surface area (Å²) in [6.07, 6.45) is 0.652. The Morgan fingerprint density at radius 2 is 2.08 bits per heavy atom. The summed E-state index contributed by atoms with van der Waals surface area (Å²) < 4.78 is 13.3. The van der Waals surface area contributed by atoms with Gasteiger partial charge in [0.15, 0.2) is 5.78 Å². The molecule has 0 N–H and O–H groups in total. The van der Waals surface area contributed by atoms with Gasteiger partial charge in [-0.1, -0.05) is 26.0 Å². The number of Topliss-reactive ketones (excluding diaryl/α,β-unsaturated/α-hetero) is 1. The fraction of sp³-hybridized carbons (Fsp3) is 0.364. The van der Waals surface area contributed by atoms with Crippen molar-refractivity contribution in [2.75, 3.05) is 0 Å². The predicted molar refractivity (Wildman–Crippen MR) is 48.2 cm³/mol. The first kappa shape index (κ1) is 8.42. The van der Waals surface area contributed by atoms with E-state index in [1.165, 1.54) is 6.07 Å². The van der Waals surface area contributed by atoms with Crippen molar-refractivity contribution in [2.45, 2.75) is 20.3 Å². The van der Waals surface area contributed by atoms with Crippen LogP contribution in [0.15, 0.2) is 18.2 Å². The van der Waals surface area contributed by atoms with Crippen LogP contribution in [0.2, 0.25) is 0 Å². The van der Waals surface area contributed by atoms with E-state index in [1.807, 2.05) is 19.9 Å². The first-order chi connectivity index (χ1) is 6.02. The Balaban J connectivity index is 2.64. The standard InChI is InChI=1S/C11H11FO/c1-11(2)6-7-4-3-5-8(12)9(7)10(11)13/h3-5H,6H2,1-2H3. The van der Waals surface area contributed by atoms with E-state index in [2.05, 4.69) is 0 Å². The number of halogens is 1. The van der Waals surface area contributed by atoms with Crippen molar-refractivity contribution in [3.05, 3.63) is 35.1 Å². The number of hydrogen-bond donors (Lipinski definition) is 0. The van der Waals surface area contributed by atoms with Gasteiger partial charge in [0.25, 0.3) is 0 Å². The van der Waals surface area contributed by atoms with Gasteiger partial charge in [-0.05, 0) is 18.1 Å². The number of carbonyl (C=O) groups is 1. The van der Waals surface area contributed by atoms with E-state index in [9.17, 15) is 9.18 Å². The summed E-state index contributed by atoms with van der Waals surface area (Å²) in [5.74, 6) is -0.450. The molecule has 0 bridgehead atoms. The average molecular weight is 178 g/mol. The molecule has 1 aliphatic rings. The van der Waals surface area contributed by atoms with Crippen molar-refractivity contribution in [1.82, 2.24) is 0 Å². The van der Waals surface area contributed by atoms with E-state index in [4.69, 9.17) is 0 Å². The van der Waals surface area contributed by atoms with E-state index in [-0.39, 0.29) is 11.6 Å². The molecular weight excluding hydrogens is 167 g/mol. The summed E-state index contributed by atoms with van der Waals surface area (Å²) in [6.45, 7) is 3.71. The maximum Gasteiger partial charge on any atom is 0.171 e. The van der Waals surface area contributed by atoms with Crippen LogP contribution in [0.3, 0.4) is 0 Å². The average Bonchev–Trinajstić information content (AvgIpc) is 2.24. The lowest BCUT2D eigenvalue weighted by Gasteiger charge is -2.13. The number of rotatable bonds is 0.